The molecule has 2 aromatic rings. The first-order chi connectivity index (χ1) is 11.1. The zero-order chi connectivity index (χ0) is 18.1. The number of halogens is 5. The average Bonchev–Trinajstić information content (AvgIpc) is 2.45. The van der Waals surface area contributed by atoms with Gasteiger partial charge in [-0.05, 0) is 59.3 Å². The number of aromatic nitrogens is 1. The number of rotatable bonds is 3. The van der Waals surface area contributed by atoms with Crippen LogP contribution in [0.25, 0.3) is 0 Å². The van der Waals surface area contributed by atoms with Crippen LogP contribution in [-0.2, 0) is 17.5 Å². The molecular weight excluding hydrogens is 460 g/mol. The van der Waals surface area contributed by atoms with Gasteiger partial charge in [0.15, 0.2) is 0 Å². The molecule has 0 bridgehead atoms. The van der Waals surface area contributed by atoms with Gasteiger partial charge in [-0.15, -0.1) is 0 Å². The van der Waals surface area contributed by atoms with Crippen molar-refractivity contribution < 1.29 is 18.0 Å². The summed E-state index contributed by atoms with van der Waals surface area (Å²) in [6.45, 7) is 1.21. The van der Waals surface area contributed by atoms with Crippen molar-refractivity contribution in [1.82, 2.24) is 4.57 Å². The fraction of sp³-hybridized carbons (Fsp3) is 0.200. The van der Waals surface area contributed by atoms with E-state index in [2.05, 4.69) is 27.9 Å². The van der Waals surface area contributed by atoms with Crippen molar-refractivity contribution in [2.45, 2.75) is 19.6 Å². The molecule has 0 saturated heterocycles. The van der Waals surface area contributed by atoms with Gasteiger partial charge < -0.3 is 9.88 Å². The molecule has 0 aliphatic rings. The van der Waals surface area contributed by atoms with Crippen molar-refractivity contribution >= 4 is 45.8 Å². The van der Waals surface area contributed by atoms with Gasteiger partial charge in [0, 0.05) is 15.5 Å². The topological polar surface area (TPSA) is 51.1 Å². The molecule has 0 atom stereocenters. The predicted molar refractivity (Wildman–Crippen MR) is 93.2 cm³/mol. The van der Waals surface area contributed by atoms with E-state index < -0.39 is 34.8 Å². The molecule has 0 fully saturated rings. The van der Waals surface area contributed by atoms with Crippen LogP contribution < -0.4 is 10.9 Å². The summed E-state index contributed by atoms with van der Waals surface area (Å²) < 4.78 is 40.0. The summed E-state index contributed by atoms with van der Waals surface area (Å²) in [6.07, 6.45) is -4.09. The molecule has 9 heteroatoms. The van der Waals surface area contributed by atoms with Gasteiger partial charge in [0.05, 0.1) is 5.56 Å². The van der Waals surface area contributed by atoms with E-state index in [9.17, 15) is 22.8 Å². The molecule has 0 aliphatic heterocycles. The minimum Gasteiger partial charge on any atom is -0.324 e. The Bertz CT molecular complexity index is 850. The van der Waals surface area contributed by atoms with Gasteiger partial charge in [-0.25, -0.2) is 0 Å². The normalized spacial score (nSPS) is 11.4. The highest BCUT2D eigenvalue weighted by Gasteiger charge is 2.32. The number of amides is 1. The maximum absolute atomic E-state index is 12.8. The number of nitrogens with one attached hydrogen (secondary N) is 1. The van der Waals surface area contributed by atoms with Crippen molar-refractivity contribution in [2.24, 2.45) is 0 Å². The van der Waals surface area contributed by atoms with Crippen LogP contribution in [-0.4, -0.2) is 10.5 Å². The van der Waals surface area contributed by atoms with Gasteiger partial charge in [0.2, 0.25) is 5.91 Å². The molecule has 1 aromatic heterocycles. The van der Waals surface area contributed by atoms with E-state index in [0.29, 0.717) is 22.5 Å². The van der Waals surface area contributed by atoms with E-state index in [1.807, 2.05) is 6.07 Å². The summed E-state index contributed by atoms with van der Waals surface area (Å²) in [5, 5.41) is 1.97. The molecule has 1 N–H and O–H groups in total. The fourth-order valence-electron chi connectivity index (χ4n) is 1.98. The van der Waals surface area contributed by atoms with Crippen molar-refractivity contribution in [3.63, 3.8) is 0 Å². The third-order valence-electron chi connectivity index (χ3n) is 3.15. The molecular formula is C15H11ClF3IN2O2. The summed E-state index contributed by atoms with van der Waals surface area (Å²) in [7, 11) is 0. The fourth-order valence-corrected chi connectivity index (χ4v) is 2.86. The first-order valence-electron chi connectivity index (χ1n) is 6.61. The van der Waals surface area contributed by atoms with Gasteiger partial charge in [-0.2, -0.15) is 13.2 Å². The van der Waals surface area contributed by atoms with Crippen molar-refractivity contribution in [3.8, 4) is 0 Å². The van der Waals surface area contributed by atoms with Crippen molar-refractivity contribution in [2.75, 3.05) is 5.32 Å². The molecule has 0 unspecified atom stereocenters. The van der Waals surface area contributed by atoms with E-state index in [4.69, 9.17) is 11.6 Å². The summed E-state index contributed by atoms with van der Waals surface area (Å²) in [5.41, 5.74) is -0.638. The lowest BCUT2D eigenvalue weighted by atomic mass is 10.2. The smallest absolute Gasteiger partial charge is 0.324 e. The molecule has 24 heavy (non-hydrogen) atoms. The Morgan fingerprint density at radius 1 is 1.33 bits per heavy atom. The second-order valence-electron chi connectivity index (χ2n) is 5.01. The molecule has 1 heterocycles. The Kier molecular flexibility index (Phi) is 5.59. The number of hydrogen-bond acceptors (Lipinski definition) is 2. The quantitative estimate of drug-likeness (QED) is 0.688. The number of carbonyl (C=O) groups excluding carboxylic acids is 1. The Hall–Kier alpha value is -1.55. The van der Waals surface area contributed by atoms with Gasteiger partial charge in [0.1, 0.15) is 11.6 Å². The average molecular weight is 471 g/mol. The minimum absolute atomic E-state index is 0.520. The van der Waals surface area contributed by atoms with Crippen LogP contribution in [0, 0.1) is 10.5 Å². The van der Waals surface area contributed by atoms with Crippen LogP contribution in [0.15, 0.2) is 35.3 Å². The minimum atomic E-state index is -4.66. The number of aryl methyl sites for hydroxylation is 1. The molecule has 2 rings (SSSR count). The van der Waals surface area contributed by atoms with Crippen LogP contribution in [0.4, 0.5) is 18.9 Å². The molecule has 4 nitrogen and oxygen atoms in total. The highest BCUT2D eigenvalue weighted by molar-refractivity contribution is 14.1. The van der Waals surface area contributed by atoms with Crippen LogP contribution in [0.1, 0.15) is 11.1 Å². The summed E-state index contributed by atoms with van der Waals surface area (Å²) in [4.78, 5) is 23.9. The lowest BCUT2D eigenvalue weighted by molar-refractivity contribution is -0.138. The summed E-state index contributed by atoms with van der Waals surface area (Å²) >= 11 is 7.66. The van der Waals surface area contributed by atoms with E-state index in [1.54, 1.807) is 19.1 Å². The zero-order valence-electron chi connectivity index (χ0n) is 12.2. The number of alkyl halides is 3. The van der Waals surface area contributed by atoms with Crippen molar-refractivity contribution in [3.05, 3.63) is 60.5 Å². The first kappa shape index (κ1) is 18.8. The van der Waals surface area contributed by atoms with Gasteiger partial charge in [0.25, 0.3) is 5.56 Å². The zero-order valence-corrected chi connectivity index (χ0v) is 15.2. The number of nitrogens with zero attached hydrogens (tertiary/aromatic N) is 1. The Morgan fingerprint density at radius 2 is 2.00 bits per heavy atom. The first-order valence-corrected chi connectivity index (χ1v) is 8.07. The molecule has 1 amide bonds. The monoisotopic (exact) mass is 470 g/mol. The maximum Gasteiger partial charge on any atom is 0.417 e. The Labute approximate surface area is 153 Å². The van der Waals surface area contributed by atoms with Crippen molar-refractivity contribution in [1.29, 1.82) is 0 Å². The highest BCUT2D eigenvalue weighted by atomic mass is 127. The van der Waals surface area contributed by atoms with E-state index in [0.717, 1.165) is 9.13 Å². The Balaban J connectivity index is 2.25. The predicted octanol–water partition coefficient (Wildman–Crippen LogP) is 4.07. The Morgan fingerprint density at radius 3 is 2.58 bits per heavy atom. The third-order valence-corrected chi connectivity index (χ3v) is 4.09. The maximum atomic E-state index is 12.8. The molecule has 0 saturated carbocycles. The molecule has 1 aromatic carbocycles. The van der Waals surface area contributed by atoms with Gasteiger partial charge >= 0.3 is 6.18 Å². The van der Waals surface area contributed by atoms with Gasteiger partial charge in [-0.1, -0.05) is 11.6 Å². The third kappa shape index (κ3) is 4.50. The summed E-state index contributed by atoms with van der Waals surface area (Å²) in [6, 6.07) is 5.83. The van der Waals surface area contributed by atoms with E-state index in [1.165, 1.54) is 0 Å². The van der Waals surface area contributed by atoms with Crippen LogP contribution in [0.2, 0.25) is 5.02 Å². The summed E-state index contributed by atoms with van der Waals surface area (Å²) in [5.74, 6) is -0.628. The van der Waals surface area contributed by atoms with E-state index >= 15 is 0 Å². The number of hydrogen-bond donors (Lipinski definition) is 1. The SMILES string of the molecule is Cc1cc(I)ccc1NC(=O)Cn1cc(C(F)(F)F)cc(Cl)c1=O. The molecule has 128 valence electrons. The molecule has 0 radical (unpaired) electrons. The number of anilines is 1. The lowest BCUT2D eigenvalue weighted by Gasteiger charge is -2.13. The van der Waals surface area contributed by atoms with E-state index in [-0.39, 0.29) is 0 Å². The van der Waals surface area contributed by atoms with Crippen LogP contribution in [0.5, 0.6) is 0 Å². The molecule has 0 aliphatic carbocycles. The van der Waals surface area contributed by atoms with Crippen LogP contribution in [0.3, 0.4) is 0 Å². The number of carbonyl (C=O) groups is 1. The number of benzene rings is 1. The molecule has 0 spiro atoms. The number of pyridine rings is 1. The second kappa shape index (κ2) is 7.14. The van der Waals surface area contributed by atoms with Crippen LogP contribution >= 0.6 is 34.2 Å². The lowest BCUT2D eigenvalue weighted by Crippen LogP contribution is -2.29. The van der Waals surface area contributed by atoms with Gasteiger partial charge in [-0.3, -0.25) is 9.59 Å². The largest absolute Gasteiger partial charge is 0.417 e. The standard InChI is InChI=1S/C15H11ClF3IN2O2/c1-8-4-10(20)2-3-12(8)21-13(23)7-22-6-9(15(17,18)19)5-11(16)14(22)24/h2-6H,7H2,1H3,(H,21,23). The highest BCUT2D eigenvalue weighted by Crippen LogP contribution is 2.29. The second-order valence-corrected chi connectivity index (χ2v) is 6.67.